The predicted molar refractivity (Wildman–Crippen MR) is 85.9 cm³/mol. The summed E-state index contributed by atoms with van der Waals surface area (Å²) in [5, 5.41) is 3.38. The Labute approximate surface area is 129 Å². The second kappa shape index (κ2) is 7.23. The zero-order chi connectivity index (χ0) is 14.5. The van der Waals surface area contributed by atoms with Crippen LogP contribution in [-0.4, -0.2) is 36.5 Å². The number of hydrogen-bond donors (Lipinski definition) is 1. The molecule has 1 aromatic carbocycles. The molecule has 0 aromatic heterocycles. The van der Waals surface area contributed by atoms with Gasteiger partial charge < -0.3 is 10.2 Å². The van der Waals surface area contributed by atoms with Gasteiger partial charge in [0.1, 0.15) is 0 Å². The third-order valence-corrected chi connectivity index (χ3v) is 4.42. The van der Waals surface area contributed by atoms with Gasteiger partial charge in [-0.15, -0.1) is 0 Å². The van der Waals surface area contributed by atoms with Crippen molar-refractivity contribution in [3.8, 4) is 0 Å². The summed E-state index contributed by atoms with van der Waals surface area (Å²) in [5.74, 6) is 0.768. The first kappa shape index (κ1) is 15.5. The lowest BCUT2D eigenvalue weighted by Crippen LogP contribution is -2.42. The molecule has 1 heterocycles. The number of piperidine rings is 1. The molecule has 0 radical (unpaired) electrons. The van der Waals surface area contributed by atoms with E-state index in [4.69, 9.17) is 0 Å². The number of carbonyl (C=O) groups excluding carboxylic acids is 1. The van der Waals surface area contributed by atoms with E-state index in [1.54, 1.807) is 0 Å². The topological polar surface area (TPSA) is 32.3 Å². The molecular weight excluding hydrogens is 316 g/mol. The molecule has 0 atom stereocenters. The van der Waals surface area contributed by atoms with Crippen LogP contribution in [0.15, 0.2) is 28.7 Å². The third kappa shape index (κ3) is 4.06. The van der Waals surface area contributed by atoms with E-state index in [2.05, 4.69) is 35.1 Å². The fourth-order valence-corrected chi connectivity index (χ4v) is 2.89. The Morgan fingerprint density at radius 1 is 1.30 bits per heavy atom. The van der Waals surface area contributed by atoms with Gasteiger partial charge in [0.2, 0.25) is 0 Å². The average molecular weight is 339 g/mol. The number of benzene rings is 1. The standard InChI is InChI=1S/C16H23BrN2O/c1-12(2)19(11-13-7-9-18-10-8-13)16(20)14-3-5-15(17)6-4-14/h3-6,12-13,18H,7-11H2,1-2H3. The van der Waals surface area contributed by atoms with Crippen molar-refractivity contribution in [1.29, 1.82) is 0 Å². The highest BCUT2D eigenvalue weighted by Crippen LogP contribution is 2.18. The van der Waals surface area contributed by atoms with Crippen molar-refractivity contribution >= 4 is 21.8 Å². The lowest BCUT2D eigenvalue weighted by molar-refractivity contribution is 0.0658. The summed E-state index contributed by atoms with van der Waals surface area (Å²) in [6.45, 7) is 7.20. The van der Waals surface area contributed by atoms with Crippen LogP contribution >= 0.6 is 15.9 Å². The second-order valence-electron chi connectivity index (χ2n) is 5.75. The molecule has 0 bridgehead atoms. The van der Waals surface area contributed by atoms with E-state index in [0.29, 0.717) is 5.92 Å². The average Bonchev–Trinajstić information content (AvgIpc) is 2.45. The van der Waals surface area contributed by atoms with Crippen molar-refractivity contribution in [1.82, 2.24) is 10.2 Å². The molecule has 3 nitrogen and oxygen atoms in total. The number of amides is 1. The van der Waals surface area contributed by atoms with E-state index < -0.39 is 0 Å². The fraction of sp³-hybridized carbons (Fsp3) is 0.562. The van der Waals surface area contributed by atoms with Crippen molar-refractivity contribution in [2.75, 3.05) is 19.6 Å². The summed E-state index contributed by atoms with van der Waals surface area (Å²) in [5.41, 5.74) is 0.774. The number of nitrogens with zero attached hydrogens (tertiary/aromatic N) is 1. The molecule has 1 N–H and O–H groups in total. The van der Waals surface area contributed by atoms with Crippen molar-refractivity contribution < 1.29 is 4.79 Å². The van der Waals surface area contributed by atoms with Crippen molar-refractivity contribution in [3.63, 3.8) is 0 Å². The predicted octanol–water partition coefficient (Wildman–Crippen LogP) is 3.30. The van der Waals surface area contributed by atoms with Gasteiger partial charge in [0.25, 0.3) is 5.91 Å². The Balaban J connectivity index is 2.07. The van der Waals surface area contributed by atoms with Crippen LogP contribution in [0.2, 0.25) is 0 Å². The molecule has 1 aliphatic rings. The Morgan fingerprint density at radius 2 is 1.90 bits per heavy atom. The first-order chi connectivity index (χ1) is 9.58. The van der Waals surface area contributed by atoms with Gasteiger partial charge >= 0.3 is 0 Å². The molecule has 0 aliphatic carbocycles. The molecule has 2 rings (SSSR count). The van der Waals surface area contributed by atoms with Gasteiger partial charge in [0, 0.05) is 22.6 Å². The van der Waals surface area contributed by atoms with Gasteiger partial charge in [-0.2, -0.15) is 0 Å². The maximum Gasteiger partial charge on any atom is 0.254 e. The Kier molecular flexibility index (Phi) is 5.61. The highest BCUT2D eigenvalue weighted by Gasteiger charge is 2.23. The number of hydrogen-bond acceptors (Lipinski definition) is 2. The smallest absolute Gasteiger partial charge is 0.254 e. The first-order valence-corrected chi connectivity index (χ1v) is 8.14. The maximum absolute atomic E-state index is 12.7. The molecule has 1 amide bonds. The monoisotopic (exact) mass is 338 g/mol. The molecule has 0 saturated carbocycles. The fourth-order valence-electron chi connectivity index (χ4n) is 2.63. The Bertz CT molecular complexity index is 438. The molecular formula is C16H23BrN2O. The molecule has 1 aliphatic heterocycles. The highest BCUT2D eigenvalue weighted by molar-refractivity contribution is 9.10. The minimum absolute atomic E-state index is 0.144. The summed E-state index contributed by atoms with van der Waals surface area (Å²) >= 11 is 3.41. The van der Waals surface area contributed by atoms with Crippen LogP contribution in [0.25, 0.3) is 0 Å². The second-order valence-corrected chi connectivity index (χ2v) is 6.67. The minimum atomic E-state index is 0.144. The van der Waals surface area contributed by atoms with Gasteiger partial charge in [-0.25, -0.2) is 0 Å². The van der Waals surface area contributed by atoms with Crippen LogP contribution in [0.1, 0.15) is 37.0 Å². The van der Waals surface area contributed by atoms with Crippen LogP contribution in [-0.2, 0) is 0 Å². The molecule has 4 heteroatoms. The summed E-state index contributed by atoms with van der Waals surface area (Å²) in [4.78, 5) is 14.7. The van der Waals surface area contributed by atoms with E-state index in [1.807, 2.05) is 29.2 Å². The van der Waals surface area contributed by atoms with Crippen molar-refractivity contribution in [2.24, 2.45) is 5.92 Å². The molecule has 1 saturated heterocycles. The van der Waals surface area contributed by atoms with Crippen molar-refractivity contribution in [2.45, 2.75) is 32.7 Å². The third-order valence-electron chi connectivity index (χ3n) is 3.89. The van der Waals surface area contributed by atoms with Crippen molar-refractivity contribution in [3.05, 3.63) is 34.3 Å². The van der Waals surface area contributed by atoms with Crippen LogP contribution in [0.4, 0.5) is 0 Å². The van der Waals surface area contributed by atoms with Gasteiger partial charge in [-0.3, -0.25) is 4.79 Å². The molecule has 0 spiro atoms. The van der Waals surface area contributed by atoms with Crippen LogP contribution < -0.4 is 5.32 Å². The number of nitrogens with one attached hydrogen (secondary N) is 1. The van der Waals surface area contributed by atoms with Gasteiger partial charge in [0.15, 0.2) is 0 Å². The summed E-state index contributed by atoms with van der Waals surface area (Å²) in [7, 11) is 0. The Morgan fingerprint density at radius 3 is 2.45 bits per heavy atom. The molecule has 1 aromatic rings. The number of carbonyl (C=O) groups is 1. The molecule has 20 heavy (non-hydrogen) atoms. The van der Waals surface area contributed by atoms with E-state index in [0.717, 1.165) is 42.5 Å². The number of halogens is 1. The largest absolute Gasteiger partial charge is 0.336 e. The van der Waals surface area contributed by atoms with E-state index >= 15 is 0 Å². The maximum atomic E-state index is 12.7. The highest BCUT2D eigenvalue weighted by atomic mass is 79.9. The van der Waals surface area contributed by atoms with E-state index in [-0.39, 0.29) is 11.9 Å². The summed E-state index contributed by atoms with van der Waals surface area (Å²) < 4.78 is 1.00. The Hall–Kier alpha value is -0.870. The summed E-state index contributed by atoms with van der Waals surface area (Å²) in [6, 6.07) is 7.88. The zero-order valence-electron chi connectivity index (χ0n) is 12.2. The normalized spacial score (nSPS) is 16.4. The van der Waals surface area contributed by atoms with E-state index in [9.17, 15) is 4.79 Å². The van der Waals surface area contributed by atoms with Gasteiger partial charge in [-0.05, 0) is 70.0 Å². The molecule has 1 fully saturated rings. The van der Waals surface area contributed by atoms with Crippen LogP contribution in [0.3, 0.4) is 0 Å². The number of rotatable bonds is 4. The van der Waals surface area contributed by atoms with Crippen LogP contribution in [0.5, 0.6) is 0 Å². The summed E-state index contributed by atoms with van der Waals surface area (Å²) in [6.07, 6.45) is 2.33. The lowest BCUT2D eigenvalue weighted by Gasteiger charge is -2.33. The lowest BCUT2D eigenvalue weighted by atomic mass is 9.96. The van der Waals surface area contributed by atoms with Gasteiger partial charge in [0.05, 0.1) is 0 Å². The first-order valence-electron chi connectivity index (χ1n) is 7.35. The SMILES string of the molecule is CC(C)N(CC1CCNCC1)C(=O)c1ccc(Br)cc1. The molecule has 0 unspecified atom stereocenters. The van der Waals surface area contributed by atoms with Gasteiger partial charge in [-0.1, -0.05) is 15.9 Å². The zero-order valence-corrected chi connectivity index (χ0v) is 13.8. The van der Waals surface area contributed by atoms with Crippen LogP contribution in [0, 0.1) is 5.92 Å². The molecule has 110 valence electrons. The quantitative estimate of drug-likeness (QED) is 0.913. The minimum Gasteiger partial charge on any atom is -0.336 e. The van der Waals surface area contributed by atoms with E-state index in [1.165, 1.54) is 0 Å².